The molecule has 0 spiro atoms. The van der Waals surface area contributed by atoms with E-state index in [-0.39, 0.29) is 11.6 Å². The molecule has 2 heterocycles. The number of nitrogens with two attached hydrogens (primary N) is 1. The van der Waals surface area contributed by atoms with E-state index in [1.165, 1.54) is 31.6 Å². The Kier molecular flexibility index (Phi) is 5.41. The average Bonchev–Trinajstić information content (AvgIpc) is 3.13. The van der Waals surface area contributed by atoms with Gasteiger partial charge in [-0.05, 0) is 59.2 Å². The Morgan fingerprint density at radius 2 is 2.05 bits per heavy atom. The average molecular weight is 293 g/mol. The Hall–Kier alpha value is -0.910. The number of likely N-dealkylation sites (tertiary alicyclic amines) is 1. The molecule has 1 fully saturated rings. The number of aryl methyl sites for hydroxylation is 2. The van der Waals surface area contributed by atoms with E-state index in [1.807, 2.05) is 0 Å². The summed E-state index contributed by atoms with van der Waals surface area (Å²) in [5, 5.41) is 4.56. The first-order chi connectivity index (χ1) is 10.0. The summed E-state index contributed by atoms with van der Waals surface area (Å²) in [6.45, 7) is 12.1. The predicted molar refractivity (Wildman–Crippen MR) is 87.0 cm³/mol. The molecule has 1 aliphatic heterocycles. The number of hydrazine groups is 1. The zero-order chi connectivity index (χ0) is 15.5. The van der Waals surface area contributed by atoms with Crippen molar-refractivity contribution in [3.8, 4) is 0 Å². The minimum atomic E-state index is 0.0992. The van der Waals surface area contributed by atoms with Gasteiger partial charge in [-0.2, -0.15) is 5.10 Å². The van der Waals surface area contributed by atoms with Gasteiger partial charge in [0.25, 0.3) is 0 Å². The Balaban J connectivity index is 2.20. The molecular formula is C16H31N5. The second-order valence-corrected chi connectivity index (χ2v) is 6.42. The molecule has 1 aromatic heterocycles. The van der Waals surface area contributed by atoms with Crippen molar-refractivity contribution >= 4 is 0 Å². The molecule has 0 amide bonds. The minimum absolute atomic E-state index is 0.0992. The third-order valence-corrected chi connectivity index (χ3v) is 5.19. The van der Waals surface area contributed by atoms with Crippen LogP contribution in [0.25, 0.3) is 0 Å². The van der Waals surface area contributed by atoms with Crippen LogP contribution in [0.5, 0.6) is 0 Å². The largest absolute Gasteiger partial charge is 0.296 e. The molecule has 2 rings (SSSR count). The zero-order valence-corrected chi connectivity index (χ0v) is 14.0. The van der Waals surface area contributed by atoms with E-state index in [2.05, 4.69) is 53.9 Å². The van der Waals surface area contributed by atoms with E-state index in [1.54, 1.807) is 0 Å². The summed E-state index contributed by atoms with van der Waals surface area (Å²) in [5.74, 6) is 5.94. The molecule has 2 atom stereocenters. The molecule has 0 saturated carbocycles. The summed E-state index contributed by atoms with van der Waals surface area (Å²) in [7, 11) is 0. The molecule has 5 heteroatoms. The van der Waals surface area contributed by atoms with Gasteiger partial charge in [-0.15, -0.1) is 0 Å². The Morgan fingerprint density at radius 3 is 2.57 bits per heavy atom. The summed E-state index contributed by atoms with van der Waals surface area (Å²) in [6.07, 6.45) is 4.63. The molecule has 1 aliphatic rings. The molecule has 0 radical (unpaired) electrons. The maximum Gasteiger partial charge on any atom is 0.0596 e. The van der Waals surface area contributed by atoms with Crippen molar-refractivity contribution in [1.29, 1.82) is 0 Å². The van der Waals surface area contributed by atoms with Crippen LogP contribution in [0.15, 0.2) is 6.07 Å². The number of hydrogen-bond donors (Lipinski definition) is 2. The highest BCUT2D eigenvalue weighted by Crippen LogP contribution is 2.29. The molecule has 0 bridgehead atoms. The Labute approximate surface area is 128 Å². The van der Waals surface area contributed by atoms with Crippen molar-refractivity contribution in [3.05, 3.63) is 17.5 Å². The van der Waals surface area contributed by atoms with Crippen LogP contribution >= 0.6 is 0 Å². The van der Waals surface area contributed by atoms with E-state index in [9.17, 15) is 0 Å². The topological polar surface area (TPSA) is 59.1 Å². The van der Waals surface area contributed by atoms with Crippen LogP contribution in [0.1, 0.15) is 51.4 Å². The van der Waals surface area contributed by atoms with Crippen LogP contribution in [-0.2, 0) is 13.0 Å². The number of hydrogen-bond acceptors (Lipinski definition) is 4. The van der Waals surface area contributed by atoms with Gasteiger partial charge < -0.3 is 0 Å². The summed E-state index contributed by atoms with van der Waals surface area (Å²) in [5.41, 5.74) is 5.56. The first kappa shape index (κ1) is 16.5. The van der Waals surface area contributed by atoms with Gasteiger partial charge in [0.05, 0.1) is 5.69 Å². The highest BCUT2D eigenvalue weighted by atomic mass is 15.3. The lowest BCUT2D eigenvalue weighted by Crippen LogP contribution is -2.61. The second kappa shape index (κ2) is 6.90. The molecular weight excluding hydrogens is 262 g/mol. The lowest BCUT2D eigenvalue weighted by atomic mass is 9.85. The van der Waals surface area contributed by atoms with Crippen LogP contribution in [0.4, 0.5) is 0 Å². The lowest BCUT2D eigenvalue weighted by molar-refractivity contribution is 0.0832. The molecule has 1 saturated heterocycles. The van der Waals surface area contributed by atoms with Gasteiger partial charge in [0.2, 0.25) is 0 Å². The van der Waals surface area contributed by atoms with Gasteiger partial charge in [-0.3, -0.25) is 20.9 Å². The van der Waals surface area contributed by atoms with Crippen molar-refractivity contribution in [2.24, 2.45) is 5.84 Å². The first-order valence-corrected chi connectivity index (χ1v) is 8.29. The molecule has 1 aromatic rings. The SMILES string of the molecule is CCn1nc(C)cc1CC(NN)C(C)(CC)N1CCCC1. The van der Waals surface area contributed by atoms with E-state index in [0.29, 0.717) is 0 Å². The van der Waals surface area contributed by atoms with Crippen LogP contribution in [-0.4, -0.2) is 39.4 Å². The molecule has 5 nitrogen and oxygen atoms in total. The summed E-state index contributed by atoms with van der Waals surface area (Å²) in [6, 6.07) is 2.43. The normalized spacial score (nSPS) is 20.6. The summed E-state index contributed by atoms with van der Waals surface area (Å²) >= 11 is 0. The number of rotatable bonds is 7. The molecule has 21 heavy (non-hydrogen) atoms. The number of nitrogens with zero attached hydrogens (tertiary/aromatic N) is 3. The fourth-order valence-corrected chi connectivity index (χ4v) is 3.62. The van der Waals surface area contributed by atoms with Gasteiger partial charge in [0.1, 0.15) is 0 Å². The second-order valence-electron chi connectivity index (χ2n) is 6.42. The van der Waals surface area contributed by atoms with E-state index in [0.717, 1.165) is 25.1 Å². The van der Waals surface area contributed by atoms with Gasteiger partial charge in [0.15, 0.2) is 0 Å². The van der Waals surface area contributed by atoms with Crippen molar-refractivity contribution in [1.82, 2.24) is 20.1 Å². The minimum Gasteiger partial charge on any atom is -0.296 e. The van der Waals surface area contributed by atoms with Crippen LogP contribution in [0, 0.1) is 6.92 Å². The van der Waals surface area contributed by atoms with Gasteiger partial charge in [0, 0.05) is 30.2 Å². The summed E-state index contributed by atoms with van der Waals surface area (Å²) < 4.78 is 2.10. The van der Waals surface area contributed by atoms with E-state index < -0.39 is 0 Å². The maximum atomic E-state index is 5.94. The van der Waals surface area contributed by atoms with Crippen LogP contribution < -0.4 is 11.3 Å². The van der Waals surface area contributed by atoms with E-state index in [4.69, 9.17) is 5.84 Å². The van der Waals surface area contributed by atoms with Crippen LogP contribution in [0.3, 0.4) is 0 Å². The highest BCUT2D eigenvalue weighted by Gasteiger charge is 2.39. The summed E-state index contributed by atoms with van der Waals surface area (Å²) in [4.78, 5) is 2.61. The highest BCUT2D eigenvalue weighted by molar-refractivity contribution is 5.13. The Morgan fingerprint density at radius 1 is 1.38 bits per heavy atom. The molecule has 2 unspecified atom stereocenters. The van der Waals surface area contributed by atoms with Gasteiger partial charge >= 0.3 is 0 Å². The zero-order valence-electron chi connectivity index (χ0n) is 14.0. The molecule has 0 aromatic carbocycles. The van der Waals surface area contributed by atoms with Gasteiger partial charge in [-0.25, -0.2) is 0 Å². The lowest BCUT2D eigenvalue weighted by Gasteiger charge is -2.44. The smallest absolute Gasteiger partial charge is 0.0596 e. The standard InChI is InChI=1S/C16H31N5/c1-5-16(4,20-9-7-8-10-20)15(18-17)12-14-11-13(3)19-21(14)6-2/h11,15,18H,5-10,12,17H2,1-4H3. The molecule has 120 valence electrons. The monoisotopic (exact) mass is 293 g/mol. The predicted octanol–water partition coefficient (Wildman–Crippen LogP) is 1.85. The molecule has 3 N–H and O–H groups in total. The van der Waals surface area contributed by atoms with Crippen molar-refractivity contribution in [2.45, 2.75) is 71.5 Å². The fourth-order valence-electron chi connectivity index (χ4n) is 3.62. The maximum absolute atomic E-state index is 5.94. The third-order valence-electron chi connectivity index (χ3n) is 5.19. The van der Waals surface area contributed by atoms with Crippen molar-refractivity contribution in [2.75, 3.05) is 13.1 Å². The van der Waals surface area contributed by atoms with Gasteiger partial charge in [-0.1, -0.05) is 6.92 Å². The number of aromatic nitrogens is 2. The first-order valence-electron chi connectivity index (χ1n) is 8.29. The third kappa shape index (κ3) is 3.30. The van der Waals surface area contributed by atoms with Crippen LogP contribution in [0.2, 0.25) is 0 Å². The molecule has 0 aliphatic carbocycles. The number of nitrogens with one attached hydrogen (secondary N) is 1. The quantitative estimate of drug-likeness (QED) is 0.595. The van der Waals surface area contributed by atoms with Crippen molar-refractivity contribution < 1.29 is 0 Å². The fraction of sp³-hybridized carbons (Fsp3) is 0.812. The Bertz CT molecular complexity index is 450. The van der Waals surface area contributed by atoms with E-state index >= 15 is 0 Å². The van der Waals surface area contributed by atoms with Crippen molar-refractivity contribution in [3.63, 3.8) is 0 Å².